The number of anilines is 1. The quantitative estimate of drug-likeness (QED) is 0.888. The maximum atomic E-state index is 12.4. The molecule has 0 bridgehead atoms. The number of aryl methyl sites for hydroxylation is 3. The maximum absolute atomic E-state index is 12.4. The number of carbonyl (C=O) groups is 1. The first kappa shape index (κ1) is 16.1. The highest BCUT2D eigenvalue weighted by atomic mass is 16.5. The number of hydrogen-bond donors (Lipinski definition) is 1. The van der Waals surface area contributed by atoms with Crippen molar-refractivity contribution in [3.63, 3.8) is 0 Å². The Balaban J connectivity index is 2.11. The van der Waals surface area contributed by atoms with Crippen LogP contribution in [-0.4, -0.2) is 12.0 Å². The third-order valence-corrected chi connectivity index (χ3v) is 3.67. The highest BCUT2D eigenvalue weighted by molar-refractivity contribution is 5.95. The van der Waals surface area contributed by atoms with Gasteiger partial charge < -0.3 is 10.1 Å². The first-order valence-electron chi connectivity index (χ1n) is 7.61. The lowest BCUT2D eigenvalue weighted by molar-refractivity contribution is -0.122. The van der Waals surface area contributed by atoms with Gasteiger partial charge in [-0.2, -0.15) is 0 Å². The van der Waals surface area contributed by atoms with Crippen molar-refractivity contribution >= 4 is 11.6 Å². The lowest BCUT2D eigenvalue weighted by atomic mass is 10.1. The van der Waals surface area contributed by atoms with Crippen LogP contribution in [0, 0.1) is 20.8 Å². The fourth-order valence-corrected chi connectivity index (χ4v) is 2.33. The van der Waals surface area contributed by atoms with Crippen LogP contribution in [0.4, 0.5) is 5.69 Å². The molecule has 2 aromatic rings. The van der Waals surface area contributed by atoms with Crippen LogP contribution in [0.25, 0.3) is 0 Å². The summed E-state index contributed by atoms with van der Waals surface area (Å²) in [5.41, 5.74) is 4.09. The van der Waals surface area contributed by atoms with E-state index in [1.54, 1.807) is 0 Å². The van der Waals surface area contributed by atoms with E-state index < -0.39 is 6.10 Å². The number of amides is 1. The Bertz CT molecular complexity index is 664. The van der Waals surface area contributed by atoms with Gasteiger partial charge >= 0.3 is 0 Å². The molecule has 0 radical (unpaired) electrons. The van der Waals surface area contributed by atoms with Crippen molar-refractivity contribution in [2.24, 2.45) is 0 Å². The number of ether oxygens (including phenoxy) is 1. The lowest BCUT2D eigenvalue weighted by Gasteiger charge is -2.19. The van der Waals surface area contributed by atoms with Gasteiger partial charge in [-0.05, 0) is 50.5 Å². The second kappa shape index (κ2) is 7.12. The molecule has 1 amide bonds. The maximum Gasteiger partial charge on any atom is 0.265 e. The van der Waals surface area contributed by atoms with E-state index in [9.17, 15) is 4.79 Å². The van der Waals surface area contributed by atoms with Gasteiger partial charge in [0.25, 0.3) is 5.91 Å². The molecular formula is C19H23NO2. The minimum Gasteiger partial charge on any atom is -0.480 e. The summed E-state index contributed by atoms with van der Waals surface area (Å²) in [5.74, 6) is 0.647. The summed E-state index contributed by atoms with van der Waals surface area (Å²) in [7, 11) is 0. The number of nitrogens with one attached hydrogen (secondary N) is 1. The van der Waals surface area contributed by atoms with Gasteiger partial charge in [-0.1, -0.05) is 42.8 Å². The summed E-state index contributed by atoms with van der Waals surface area (Å²) in [6.07, 6.45) is 0.117. The second-order valence-electron chi connectivity index (χ2n) is 5.59. The minimum absolute atomic E-state index is 0.114. The standard InChI is InChI=1S/C19H23NO2/c1-5-17(22-18-11-10-13(2)12-15(18)4)19(21)20-16-9-7-6-8-14(16)3/h6-12,17H,5H2,1-4H3,(H,20,21). The Morgan fingerprint density at radius 2 is 1.82 bits per heavy atom. The molecule has 0 aromatic heterocycles. The zero-order valence-corrected chi connectivity index (χ0v) is 13.6. The fraction of sp³-hybridized carbons (Fsp3) is 0.316. The van der Waals surface area contributed by atoms with Gasteiger partial charge in [-0.25, -0.2) is 0 Å². The molecule has 116 valence electrons. The second-order valence-corrected chi connectivity index (χ2v) is 5.59. The van der Waals surface area contributed by atoms with Crippen molar-refractivity contribution in [2.75, 3.05) is 5.32 Å². The van der Waals surface area contributed by atoms with E-state index in [1.807, 2.05) is 64.1 Å². The first-order valence-corrected chi connectivity index (χ1v) is 7.61. The van der Waals surface area contributed by atoms with E-state index in [4.69, 9.17) is 4.74 Å². The summed E-state index contributed by atoms with van der Waals surface area (Å²) in [5, 5.41) is 2.95. The number of benzene rings is 2. The molecule has 1 N–H and O–H groups in total. The Labute approximate surface area is 132 Å². The molecule has 1 atom stereocenters. The fourth-order valence-electron chi connectivity index (χ4n) is 2.33. The monoisotopic (exact) mass is 297 g/mol. The molecule has 22 heavy (non-hydrogen) atoms. The molecule has 0 heterocycles. The van der Waals surface area contributed by atoms with Gasteiger partial charge in [0.1, 0.15) is 5.75 Å². The van der Waals surface area contributed by atoms with Gasteiger partial charge in [0.05, 0.1) is 0 Å². The normalized spacial score (nSPS) is 11.8. The predicted molar refractivity (Wildman–Crippen MR) is 90.4 cm³/mol. The van der Waals surface area contributed by atoms with Crippen molar-refractivity contribution < 1.29 is 9.53 Å². The van der Waals surface area contributed by atoms with Crippen molar-refractivity contribution in [2.45, 2.75) is 40.2 Å². The molecule has 3 nitrogen and oxygen atoms in total. The van der Waals surface area contributed by atoms with E-state index in [1.165, 1.54) is 5.56 Å². The third-order valence-electron chi connectivity index (χ3n) is 3.67. The van der Waals surface area contributed by atoms with Crippen LogP contribution in [0.15, 0.2) is 42.5 Å². The van der Waals surface area contributed by atoms with Crippen LogP contribution in [0.5, 0.6) is 5.75 Å². The van der Waals surface area contributed by atoms with E-state index in [0.717, 1.165) is 22.6 Å². The van der Waals surface area contributed by atoms with Gasteiger partial charge in [0.2, 0.25) is 0 Å². The third kappa shape index (κ3) is 3.88. The first-order chi connectivity index (χ1) is 10.5. The Morgan fingerprint density at radius 1 is 1.09 bits per heavy atom. The van der Waals surface area contributed by atoms with Crippen molar-refractivity contribution in [1.29, 1.82) is 0 Å². The number of carbonyl (C=O) groups excluding carboxylic acids is 1. The number of para-hydroxylation sites is 1. The Kier molecular flexibility index (Phi) is 5.21. The van der Waals surface area contributed by atoms with Gasteiger partial charge in [-0.15, -0.1) is 0 Å². The smallest absolute Gasteiger partial charge is 0.265 e. The molecule has 0 spiro atoms. The molecule has 0 aliphatic heterocycles. The van der Waals surface area contributed by atoms with Crippen LogP contribution >= 0.6 is 0 Å². The summed E-state index contributed by atoms with van der Waals surface area (Å²) in [4.78, 5) is 12.4. The van der Waals surface area contributed by atoms with Gasteiger partial charge in [0.15, 0.2) is 6.10 Å². The highest BCUT2D eigenvalue weighted by Crippen LogP contribution is 2.22. The molecule has 1 unspecified atom stereocenters. The Hall–Kier alpha value is -2.29. The topological polar surface area (TPSA) is 38.3 Å². The molecule has 0 aliphatic carbocycles. The molecule has 2 rings (SSSR count). The van der Waals surface area contributed by atoms with Gasteiger partial charge in [-0.3, -0.25) is 4.79 Å². The molecule has 0 saturated carbocycles. The minimum atomic E-state index is -0.499. The van der Waals surface area contributed by atoms with Crippen molar-refractivity contribution in [3.05, 3.63) is 59.2 Å². The average Bonchev–Trinajstić information content (AvgIpc) is 2.49. The molecule has 0 saturated heterocycles. The van der Waals surface area contributed by atoms with Crippen LogP contribution in [0.3, 0.4) is 0 Å². The van der Waals surface area contributed by atoms with E-state index in [2.05, 4.69) is 11.4 Å². The molecule has 0 aliphatic rings. The Morgan fingerprint density at radius 3 is 2.45 bits per heavy atom. The van der Waals surface area contributed by atoms with Crippen LogP contribution in [0.2, 0.25) is 0 Å². The predicted octanol–water partition coefficient (Wildman–Crippen LogP) is 4.41. The van der Waals surface area contributed by atoms with E-state index in [-0.39, 0.29) is 5.91 Å². The van der Waals surface area contributed by atoms with Crippen LogP contribution < -0.4 is 10.1 Å². The van der Waals surface area contributed by atoms with Crippen LogP contribution in [0.1, 0.15) is 30.0 Å². The summed E-state index contributed by atoms with van der Waals surface area (Å²) in [6, 6.07) is 13.7. The summed E-state index contributed by atoms with van der Waals surface area (Å²) in [6.45, 7) is 7.96. The van der Waals surface area contributed by atoms with Crippen molar-refractivity contribution in [1.82, 2.24) is 0 Å². The summed E-state index contributed by atoms with van der Waals surface area (Å²) >= 11 is 0. The molecule has 2 aromatic carbocycles. The van der Waals surface area contributed by atoms with Gasteiger partial charge in [0, 0.05) is 5.69 Å². The average molecular weight is 297 g/mol. The molecule has 0 fully saturated rings. The summed E-state index contributed by atoms with van der Waals surface area (Å²) < 4.78 is 5.91. The largest absolute Gasteiger partial charge is 0.480 e. The number of rotatable bonds is 5. The van der Waals surface area contributed by atoms with Crippen molar-refractivity contribution in [3.8, 4) is 5.75 Å². The SMILES string of the molecule is CCC(Oc1ccc(C)cc1C)C(=O)Nc1ccccc1C. The molecular weight excluding hydrogens is 274 g/mol. The highest BCUT2D eigenvalue weighted by Gasteiger charge is 2.19. The lowest BCUT2D eigenvalue weighted by Crippen LogP contribution is -2.32. The number of hydrogen-bond acceptors (Lipinski definition) is 2. The molecule has 3 heteroatoms. The van der Waals surface area contributed by atoms with E-state index >= 15 is 0 Å². The zero-order chi connectivity index (χ0) is 16.1. The zero-order valence-electron chi connectivity index (χ0n) is 13.6. The van der Waals surface area contributed by atoms with Crippen LogP contribution in [-0.2, 0) is 4.79 Å². The van der Waals surface area contributed by atoms with E-state index in [0.29, 0.717) is 6.42 Å².